The van der Waals surface area contributed by atoms with Crippen LogP contribution in [0.3, 0.4) is 0 Å². The highest BCUT2D eigenvalue weighted by molar-refractivity contribution is 7.09. The average Bonchev–Trinajstić information content (AvgIpc) is 3.01. The average molecular weight is 318 g/mol. The second-order valence-electron chi connectivity index (χ2n) is 4.71. The second-order valence-corrected chi connectivity index (χ2v) is 5.74. The number of anilines is 1. The van der Waals surface area contributed by atoms with Gasteiger partial charge in [-0.15, -0.1) is 11.3 Å². The lowest BCUT2D eigenvalue weighted by atomic mass is 10.3. The summed E-state index contributed by atoms with van der Waals surface area (Å²) in [6.45, 7) is 2.69. The van der Waals surface area contributed by atoms with Gasteiger partial charge in [-0.05, 0) is 30.0 Å². The van der Waals surface area contributed by atoms with Crippen LogP contribution in [0.15, 0.2) is 35.8 Å². The van der Waals surface area contributed by atoms with Gasteiger partial charge in [-0.25, -0.2) is 9.78 Å². The Morgan fingerprint density at radius 1 is 1.23 bits per heavy atom. The minimum absolute atomic E-state index is 0.185. The van der Waals surface area contributed by atoms with Crippen LogP contribution in [-0.4, -0.2) is 23.5 Å². The van der Waals surface area contributed by atoms with E-state index in [1.807, 2.05) is 30.5 Å². The Balaban J connectivity index is 1.62. The fourth-order valence-corrected chi connectivity index (χ4v) is 2.32. The molecule has 0 radical (unpaired) electrons. The zero-order valence-corrected chi connectivity index (χ0v) is 13.1. The zero-order valence-electron chi connectivity index (χ0n) is 12.3. The van der Waals surface area contributed by atoms with Crippen LogP contribution >= 0.6 is 11.3 Å². The molecule has 0 saturated carbocycles. The summed E-state index contributed by atoms with van der Waals surface area (Å²) in [5.41, 5.74) is 1.03. The van der Waals surface area contributed by atoms with E-state index >= 15 is 0 Å². The maximum Gasteiger partial charge on any atom is 0.315 e. The van der Waals surface area contributed by atoms with Crippen molar-refractivity contribution in [2.24, 2.45) is 0 Å². The molecule has 0 aliphatic carbocycles. The number of aryl methyl sites for hydroxylation is 1. The van der Waals surface area contributed by atoms with Crippen LogP contribution in [0.2, 0.25) is 0 Å². The number of hydrogen-bond donors (Lipinski definition) is 3. The summed E-state index contributed by atoms with van der Waals surface area (Å²) in [5.74, 6) is 0.327. The summed E-state index contributed by atoms with van der Waals surface area (Å²) in [5, 5.41) is 10.0. The van der Waals surface area contributed by atoms with Crippen LogP contribution in [0.5, 0.6) is 0 Å². The minimum Gasteiger partial charge on any atom is -0.338 e. The Hall–Kier alpha value is -2.41. The Morgan fingerprint density at radius 3 is 2.77 bits per heavy atom. The number of carbonyl (C=O) groups excluding carboxylic acids is 2. The second kappa shape index (κ2) is 8.14. The summed E-state index contributed by atoms with van der Waals surface area (Å²) in [7, 11) is 0. The highest BCUT2D eigenvalue weighted by Gasteiger charge is 2.05. The van der Waals surface area contributed by atoms with Gasteiger partial charge < -0.3 is 16.0 Å². The van der Waals surface area contributed by atoms with Gasteiger partial charge in [0.1, 0.15) is 5.82 Å². The van der Waals surface area contributed by atoms with Crippen LogP contribution in [0.1, 0.15) is 16.9 Å². The highest BCUT2D eigenvalue weighted by atomic mass is 32.1. The zero-order chi connectivity index (χ0) is 15.8. The van der Waals surface area contributed by atoms with Gasteiger partial charge >= 0.3 is 6.03 Å². The third-order valence-electron chi connectivity index (χ3n) is 2.82. The van der Waals surface area contributed by atoms with E-state index in [-0.39, 0.29) is 24.9 Å². The molecule has 0 aliphatic rings. The number of pyridine rings is 1. The molecular formula is C15H18N4O2S. The van der Waals surface area contributed by atoms with E-state index in [0.717, 1.165) is 10.4 Å². The van der Waals surface area contributed by atoms with Crippen LogP contribution in [-0.2, 0) is 11.3 Å². The quantitative estimate of drug-likeness (QED) is 0.764. The predicted octanol–water partition coefficient (Wildman–Crippen LogP) is 2.28. The van der Waals surface area contributed by atoms with Crippen molar-refractivity contribution in [1.82, 2.24) is 15.6 Å². The molecule has 0 spiro atoms. The van der Waals surface area contributed by atoms with E-state index in [4.69, 9.17) is 0 Å². The molecule has 3 amide bonds. The molecule has 22 heavy (non-hydrogen) atoms. The standard InChI is InChI=1S/C15H18N4O2S/c1-11-4-5-13(17-9-11)19-14(20)6-7-16-15(21)18-10-12-3-2-8-22-12/h2-5,8-9H,6-7,10H2,1H3,(H2,16,18,21)(H,17,19,20). The first kappa shape index (κ1) is 16.0. The number of aromatic nitrogens is 1. The molecule has 7 heteroatoms. The van der Waals surface area contributed by atoms with Crippen molar-refractivity contribution < 1.29 is 9.59 Å². The number of rotatable bonds is 6. The van der Waals surface area contributed by atoms with Crippen LogP contribution in [0.4, 0.5) is 10.6 Å². The van der Waals surface area contributed by atoms with Crippen molar-refractivity contribution in [3.05, 3.63) is 46.3 Å². The molecule has 0 bridgehead atoms. The number of hydrogen-bond acceptors (Lipinski definition) is 4. The predicted molar refractivity (Wildman–Crippen MR) is 86.8 cm³/mol. The van der Waals surface area contributed by atoms with Crippen LogP contribution in [0.25, 0.3) is 0 Å². The highest BCUT2D eigenvalue weighted by Crippen LogP contribution is 2.07. The number of nitrogens with zero attached hydrogens (tertiary/aromatic N) is 1. The number of amides is 3. The first-order chi connectivity index (χ1) is 10.6. The molecule has 0 atom stereocenters. The smallest absolute Gasteiger partial charge is 0.315 e. The molecule has 2 rings (SSSR count). The summed E-state index contributed by atoms with van der Waals surface area (Å²) in [4.78, 5) is 28.4. The molecule has 0 aromatic carbocycles. The van der Waals surface area contributed by atoms with Crippen molar-refractivity contribution in [1.29, 1.82) is 0 Å². The lowest BCUT2D eigenvalue weighted by molar-refractivity contribution is -0.116. The Labute approximate surface area is 133 Å². The third-order valence-corrected chi connectivity index (χ3v) is 3.70. The van der Waals surface area contributed by atoms with Gasteiger partial charge in [0.25, 0.3) is 0 Å². The lowest BCUT2D eigenvalue weighted by Crippen LogP contribution is -2.36. The van der Waals surface area contributed by atoms with E-state index < -0.39 is 0 Å². The molecule has 2 aromatic rings. The number of urea groups is 1. The van der Waals surface area contributed by atoms with Crippen molar-refractivity contribution in [3.63, 3.8) is 0 Å². The van der Waals surface area contributed by atoms with Gasteiger partial charge in [0, 0.05) is 24.0 Å². The molecule has 0 unspecified atom stereocenters. The first-order valence-electron chi connectivity index (χ1n) is 6.90. The van der Waals surface area contributed by atoms with Crippen LogP contribution in [0, 0.1) is 6.92 Å². The fourth-order valence-electron chi connectivity index (χ4n) is 1.68. The summed E-state index contributed by atoms with van der Waals surface area (Å²) < 4.78 is 0. The third kappa shape index (κ3) is 5.53. The Kier molecular flexibility index (Phi) is 5.91. The maximum absolute atomic E-state index is 11.7. The van der Waals surface area contributed by atoms with Gasteiger partial charge in [0.15, 0.2) is 0 Å². The molecule has 3 N–H and O–H groups in total. The van der Waals surface area contributed by atoms with E-state index in [9.17, 15) is 9.59 Å². The lowest BCUT2D eigenvalue weighted by Gasteiger charge is -2.07. The summed E-state index contributed by atoms with van der Waals surface area (Å²) in [6, 6.07) is 7.22. The van der Waals surface area contributed by atoms with Crippen molar-refractivity contribution in [2.45, 2.75) is 19.9 Å². The van der Waals surface area contributed by atoms with Gasteiger partial charge in [0.05, 0.1) is 6.54 Å². The molecule has 6 nitrogen and oxygen atoms in total. The summed E-state index contributed by atoms with van der Waals surface area (Å²) >= 11 is 1.58. The molecule has 0 saturated heterocycles. The van der Waals surface area contributed by atoms with Crippen LogP contribution < -0.4 is 16.0 Å². The first-order valence-corrected chi connectivity index (χ1v) is 7.78. The van der Waals surface area contributed by atoms with E-state index in [2.05, 4.69) is 20.9 Å². The molecule has 0 aliphatic heterocycles. The van der Waals surface area contributed by atoms with Gasteiger partial charge in [-0.2, -0.15) is 0 Å². The van der Waals surface area contributed by atoms with Gasteiger partial charge in [0.2, 0.25) is 5.91 Å². The molecule has 2 aromatic heterocycles. The molecule has 2 heterocycles. The van der Waals surface area contributed by atoms with Gasteiger partial charge in [-0.3, -0.25) is 4.79 Å². The maximum atomic E-state index is 11.7. The molecule has 116 valence electrons. The van der Waals surface area contributed by atoms with Crippen molar-refractivity contribution in [3.8, 4) is 0 Å². The van der Waals surface area contributed by atoms with Crippen molar-refractivity contribution >= 4 is 29.1 Å². The monoisotopic (exact) mass is 318 g/mol. The number of carbonyl (C=O) groups is 2. The Bertz CT molecular complexity index is 611. The minimum atomic E-state index is -0.283. The Morgan fingerprint density at radius 2 is 2.09 bits per heavy atom. The molecule has 0 fully saturated rings. The topological polar surface area (TPSA) is 83.1 Å². The number of nitrogens with one attached hydrogen (secondary N) is 3. The van der Waals surface area contributed by atoms with Gasteiger partial charge in [-0.1, -0.05) is 12.1 Å². The summed E-state index contributed by atoms with van der Waals surface area (Å²) in [6.07, 6.45) is 1.88. The largest absolute Gasteiger partial charge is 0.338 e. The van der Waals surface area contributed by atoms with E-state index in [1.54, 1.807) is 23.6 Å². The molecular weight excluding hydrogens is 300 g/mol. The van der Waals surface area contributed by atoms with E-state index in [0.29, 0.717) is 12.4 Å². The fraction of sp³-hybridized carbons (Fsp3) is 0.267. The van der Waals surface area contributed by atoms with E-state index in [1.165, 1.54) is 0 Å². The normalized spacial score (nSPS) is 10.0. The number of thiophene rings is 1. The van der Waals surface area contributed by atoms with Crippen molar-refractivity contribution in [2.75, 3.05) is 11.9 Å². The SMILES string of the molecule is Cc1ccc(NC(=O)CCNC(=O)NCc2cccs2)nc1.